The third kappa shape index (κ3) is 2.68. The minimum absolute atomic E-state index is 0.0107. The van der Waals surface area contributed by atoms with Gasteiger partial charge in [0.05, 0.1) is 28.7 Å². The van der Waals surface area contributed by atoms with Gasteiger partial charge < -0.3 is 4.74 Å². The van der Waals surface area contributed by atoms with E-state index < -0.39 is 18.1 Å². The van der Waals surface area contributed by atoms with Crippen molar-refractivity contribution >= 4 is 33.5 Å². The molecule has 7 heteroatoms. The average molecular weight is 315 g/mol. The normalized spacial score (nSPS) is 10.6. The lowest BCUT2D eigenvalue weighted by Gasteiger charge is -2.09. The molecule has 1 rings (SSSR count). The Labute approximate surface area is 104 Å². The first-order valence-corrected chi connectivity index (χ1v) is 5.45. The molecule has 1 aromatic heterocycles. The van der Waals surface area contributed by atoms with Crippen molar-refractivity contribution in [2.75, 3.05) is 7.11 Å². The number of nitrogens with zero attached hydrogens (tertiary/aromatic N) is 1. The summed E-state index contributed by atoms with van der Waals surface area (Å²) in [7, 11) is 1.16. The Bertz CT molecular complexity index is 415. The molecule has 0 aromatic carbocycles. The molecule has 0 aliphatic heterocycles. The fourth-order valence-electron chi connectivity index (χ4n) is 1.08. The van der Waals surface area contributed by atoms with Crippen LogP contribution in [-0.4, -0.2) is 18.1 Å². The molecule has 0 amide bonds. The summed E-state index contributed by atoms with van der Waals surface area (Å²) in [6, 6.07) is 1.31. The lowest BCUT2D eigenvalue weighted by atomic mass is 10.2. The van der Waals surface area contributed by atoms with Crippen molar-refractivity contribution in [2.45, 2.75) is 12.3 Å². The quantitative estimate of drug-likeness (QED) is 0.635. The molecule has 3 nitrogen and oxygen atoms in total. The Kier molecular flexibility index (Phi) is 4.61. The molecule has 0 saturated carbocycles. The van der Waals surface area contributed by atoms with Crippen LogP contribution in [0.4, 0.5) is 8.78 Å². The summed E-state index contributed by atoms with van der Waals surface area (Å²) < 4.78 is 29.6. The SMILES string of the molecule is COC(=O)c1cc(CCl)nc(C(F)F)c1Br. The van der Waals surface area contributed by atoms with E-state index in [1.54, 1.807) is 0 Å². The van der Waals surface area contributed by atoms with Crippen LogP contribution in [0.3, 0.4) is 0 Å². The van der Waals surface area contributed by atoms with E-state index in [9.17, 15) is 13.6 Å². The number of carbonyl (C=O) groups is 1. The number of alkyl halides is 3. The van der Waals surface area contributed by atoms with Gasteiger partial charge in [0, 0.05) is 0 Å². The fraction of sp³-hybridized carbons (Fsp3) is 0.333. The van der Waals surface area contributed by atoms with Gasteiger partial charge >= 0.3 is 5.97 Å². The van der Waals surface area contributed by atoms with E-state index in [0.29, 0.717) is 0 Å². The lowest BCUT2D eigenvalue weighted by Crippen LogP contribution is -2.08. The molecule has 0 N–H and O–H groups in total. The van der Waals surface area contributed by atoms with Crippen LogP contribution in [-0.2, 0) is 10.6 Å². The van der Waals surface area contributed by atoms with Crippen LogP contribution < -0.4 is 0 Å². The molecule has 0 saturated heterocycles. The van der Waals surface area contributed by atoms with Crippen LogP contribution >= 0.6 is 27.5 Å². The summed E-state index contributed by atoms with van der Waals surface area (Å²) in [5.74, 6) is -0.778. The molecule has 0 aliphatic carbocycles. The number of methoxy groups -OCH3 is 1. The highest BCUT2D eigenvalue weighted by atomic mass is 79.9. The maximum absolute atomic E-state index is 12.6. The Morgan fingerprint density at radius 2 is 2.31 bits per heavy atom. The van der Waals surface area contributed by atoms with E-state index in [1.165, 1.54) is 6.07 Å². The lowest BCUT2D eigenvalue weighted by molar-refractivity contribution is 0.0598. The van der Waals surface area contributed by atoms with Crippen molar-refractivity contribution < 1.29 is 18.3 Å². The maximum Gasteiger partial charge on any atom is 0.339 e. The molecule has 1 aromatic rings. The average Bonchev–Trinajstić information content (AvgIpc) is 2.28. The van der Waals surface area contributed by atoms with E-state index in [0.717, 1.165) is 7.11 Å². The maximum atomic E-state index is 12.6. The highest BCUT2D eigenvalue weighted by Gasteiger charge is 2.21. The minimum Gasteiger partial charge on any atom is -0.465 e. The standard InChI is InChI=1S/C9H7BrClF2NO2/c1-16-9(15)5-2-4(3-11)14-7(6(5)10)8(12)13/h2,8H,3H2,1H3. The Morgan fingerprint density at radius 3 is 2.75 bits per heavy atom. The number of hydrogen-bond donors (Lipinski definition) is 0. The summed E-state index contributed by atoms with van der Waals surface area (Å²) in [5.41, 5.74) is -0.331. The zero-order chi connectivity index (χ0) is 12.3. The summed E-state index contributed by atoms with van der Waals surface area (Å²) in [5, 5.41) is 0. The monoisotopic (exact) mass is 313 g/mol. The molecule has 0 unspecified atom stereocenters. The van der Waals surface area contributed by atoms with Gasteiger partial charge in [-0.2, -0.15) is 0 Å². The molecule has 16 heavy (non-hydrogen) atoms. The van der Waals surface area contributed by atoms with Crippen molar-refractivity contribution in [3.8, 4) is 0 Å². The second-order valence-corrected chi connectivity index (χ2v) is 3.85. The van der Waals surface area contributed by atoms with Gasteiger partial charge in [-0.25, -0.2) is 18.6 Å². The third-order valence-corrected chi connectivity index (χ3v) is 2.89. The molecule has 0 fully saturated rings. The third-order valence-electron chi connectivity index (χ3n) is 1.79. The second-order valence-electron chi connectivity index (χ2n) is 2.79. The van der Waals surface area contributed by atoms with Gasteiger partial charge in [0.15, 0.2) is 0 Å². The fourth-order valence-corrected chi connectivity index (χ4v) is 1.75. The number of halogens is 4. The number of ether oxygens (including phenoxy) is 1. The van der Waals surface area contributed by atoms with Gasteiger partial charge in [0.25, 0.3) is 6.43 Å². The largest absolute Gasteiger partial charge is 0.465 e. The molecule has 0 aliphatic rings. The van der Waals surface area contributed by atoms with Crippen LogP contribution in [0.5, 0.6) is 0 Å². The molecule has 88 valence electrons. The van der Waals surface area contributed by atoms with E-state index in [2.05, 4.69) is 25.7 Å². The first kappa shape index (κ1) is 13.3. The molecule has 0 spiro atoms. The van der Waals surface area contributed by atoms with Crippen molar-refractivity contribution in [1.29, 1.82) is 0 Å². The number of pyridine rings is 1. The van der Waals surface area contributed by atoms with Gasteiger partial charge in [-0.15, -0.1) is 11.6 Å². The Morgan fingerprint density at radius 1 is 1.69 bits per heavy atom. The zero-order valence-corrected chi connectivity index (χ0v) is 10.5. The van der Waals surface area contributed by atoms with Crippen molar-refractivity contribution in [2.24, 2.45) is 0 Å². The molecular formula is C9H7BrClF2NO2. The first-order chi connectivity index (χ1) is 7.51. The summed E-state index contributed by atoms with van der Waals surface area (Å²) in [6.45, 7) is 0. The van der Waals surface area contributed by atoms with E-state index in [1.807, 2.05) is 0 Å². The topological polar surface area (TPSA) is 39.2 Å². The zero-order valence-electron chi connectivity index (χ0n) is 8.14. The van der Waals surface area contributed by atoms with Gasteiger partial charge in [-0.05, 0) is 22.0 Å². The number of aromatic nitrogens is 1. The number of rotatable bonds is 3. The summed E-state index contributed by atoms with van der Waals surface area (Å²) in [4.78, 5) is 14.9. The van der Waals surface area contributed by atoms with Gasteiger partial charge in [-0.1, -0.05) is 0 Å². The summed E-state index contributed by atoms with van der Waals surface area (Å²) in [6.07, 6.45) is -2.79. The number of esters is 1. The van der Waals surface area contributed by atoms with E-state index in [-0.39, 0.29) is 21.6 Å². The van der Waals surface area contributed by atoms with Gasteiger partial charge in [0.1, 0.15) is 5.69 Å². The number of hydrogen-bond acceptors (Lipinski definition) is 3. The predicted molar refractivity (Wildman–Crippen MR) is 57.8 cm³/mol. The van der Waals surface area contributed by atoms with E-state index in [4.69, 9.17) is 11.6 Å². The summed E-state index contributed by atoms with van der Waals surface area (Å²) >= 11 is 8.40. The van der Waals surface area contributed by atoms with Gasteiger partial charge in [0.2, 0.25) is 0 Å². The van der Waals surface area contributed by atoms with Crippen LogP contribution in [0.1, 0.15) is 28.2 Å². The second kappa shape index (κ2) is 5.54. The Balaban J connectivity index is 3.37. The molecular weight excluding hydrogens is 307 g/mol. The molecule has 1 heterocycles. The minimum atomic E-state index is -2.79. The van der Waals surface area contributed by atoms with Crippen LogP contribution in [0, 0.1) is 0 Å². The van der Waals surface area contributed by atoms with Gasteiger partial charge in [-0.3, -0.25) is 0 Å². The van der Waals surface area contributed by atoms with Crippen LogP contribution in [0.15, 0.2) is 10.5 Å². The van der Waals surface area contributed by atoms with Crippen molar-refractivity contribution in [3.05, 3.63) is 27.5 Å². The van der Waals surface area contributed by atoms with E-state index >= 15 is 0 Å². The highest BCUT2D eigenvalue weighted by Crippen LogP contribution is 2.30. The smallest absolute Gasteiger partial charge is 0.339 e. The predicted octanol–water partition coefficient (Wildman–Crippen LogP) is 3.31. The molecule has 0 radical (unpaired) electrons. The molecule has 0 bridgehead atoms. The Hall–Kier alpha value is -0.750. The van der Waals surface area contributed by atoms with Crippen LogP contribution in [0.2, 0.25) is 0 Å². The van der Waals surface area contributed by atoms with Crippen LogP contribution in [0.25, 0.3) is 0 Å². The molecule has 0 atom stereocenters. The van der Waals surface area contributed by atoms with Crippen molar-refractivity contribution in [1.82, 2.24) is 4.98 Å². The first-order valence-electron chi connectivity index (χ1n) is 4.13. The highest BCUT2D eigenvalue weighted by molar-refractivity contribution is 9.10. The number of carbonyl (C=O) groups excluding carboxylic acids is 1. The van der Waals surface area contributed by atoms with Crippen molar-refractivity contribution in [3.63, 3.8) is 0 Å².